The Morgan fingerprint density at radius 1 is 1.06 bits per heavy atom. The number of hydrogen-bond acceptors (Lipinski definition) is 6. The zero-order chi connectivity index (χ0) is 22.3. The first-order valence-electron chi connectivity index (χ1n) is 10.6. The highest BCUT2D eigenvalue weighted by atomic mass is 32.2. The molecule has 0 bridgehead atoms. The molecule has 0 unspecified atom stereocenters. The zero-order valence-corrected chi connectivity index (χ0v) is 19.4. The summed E-state index contributed by atoms with van der Waals surface area (Å²) < 4.78 is 28.0. The number of fused-ring (bicyclic) bond motifs is 2. The Hall–Kier alpha value is -2.75. The van der Waals surface area contributed by atoms with Crippen LogP contribution in [0.4, 0.5) is 10.8 Å². The van der Waals surface area contributed by atoms with Crippen molar-refractivity contribution in [2.45, 2.75) is 30.7 Å². The molecule has 3 aromatic rings. The summed E-state index contributed by atoms with van der Waals surface area (Å²) in [5, 5.41) is 3.44. The number of sulfonamides is 1. The fourth-order valence-corrected chi connectivity index (χ4v) is 6.82. The third-order valence-electron chi connectivity index (χ3n) is 5.91. The molecule has 5 rings (SSSR count). The molecule has 7 nitrogen and oxygen atoms in total. The summed E-state index contributed by atoms with van der Waals surface area (Å²) in [4.78, 5) is 20.8. The number of carbonyl (C=O) groups excluding carboxylic acids is 1. The van der Waals surface area contributed by atoms with Crippen LogP contribution >= 0.6 is 11.3 Å². The smallest absolute Gasteiger partial charge is 0.264 e. The summed E-state index contributed by atoms with van der Waals surface area (Å²) in [5.74, 6) is -0.295. The van der Waals surface area contributed by atoms with Crippen LogP contribution in [0, 0.1) is 0 Å². The first kappa shape index (κ1) is 21.1. The first-order chi connectivity index (χ1) is 15.4. The average Bonchev–Trinajstić information content (AvgIpc) is 3.20. The van der Waals surface area contributed by atoms with E-state index >= 15 is 0 Å². The van der Waals surface area contributed by atoms with Crippen molar-refractivity contribution < 1.29 is 13.2 Å². The zero-order valence-electron chi connectivity index (χ0n) is 17.7. The van der Waals surface area contributed by atoms with Gasteiger partial charge >= 0.3 is 0 Å². The Bertz CT molecular complexity index is 1270. The highest BCUT2D eigenvalue weighted by Crippen LogP contribution is 2.32. The summed E-state index contributed by atoms with van der Waals surface area (Å²) in [6.07, 6.45) is 2.53. The molecule has 32 heavy (non-hydrogen) atoms. The number of benzene rings is 2. The SMILES string of the molecule is CN1CCc2nc(NC(=O)c3ccc(S(=O)(=O)N4CCCc5ccccc54)cc3)sc2C1. The van der Waals surface area contributed by atoms with Gasteiger partial charge in [-0.25, -0.2) is 13.4 Å². The molecule has 166 valence electrons. The minimum atomic E-state index is -3.70. The van der Waals surface area contributed by atoms with E-state index < -0.39 is 10.0 Å². The van der Waals surface area contributed by atoms with E-state index in [0.29, 0.717) is 17.2 Å². The number of rotatable bonds is 4. The second-order valence-electron chi connectivity index (χ2n) is 8.16. The van der Waals surface area contributed by atoms with Crippen molar-refractivity contribution >= 4 is 38.1 Å². The molecule has 0 aliphatic carbocycles. The number of likely N-dealkylation sites (N-methyl/N-ethyl adjacent to an activating group) is 1. The largest absolute Gasteiger partial charge is 0.301 e. The first-order valence-corrected chi connectivity index (χ1v) is 12.9. The summed E-state index contributed by atoms with van der Waals surface area (Å²) in [7, 11) is -1.63. The average molecular weight is 469 g/mol. The Kier molecular flexibility index (Phi) is 5.48. The molecule has 9 heteroatoms. The van der Waals surface area contributed by atoms with Crippen LogP contribution in [-0.2, 0) is 29.4 Å². The fraction of sp³-hybridized carbons (Fsp3) is 0.304. The van der Waals surface area contributed by atoms with E-state index in [1.165, 1.54) is 32.7 Å². The molecule has 1 N–H and O–H groups in total. The predicted octanol–water partition coefficient (Wildman–Crippen LogP) is 3.52. The Labute approximate surface area is 191 Å². The number of nitrogens with one attached hydrogen (secondary N) is 1. The molecule has 0 spiro atoms. The minimum Gasteiger partial charge on any atom is -0.301 e. The Morgan fingerprint density at radius 2 is 1.84 bits per heavy atom. The van der Waals surface area contributed by atoms with E-state index in [2.05, 4.69) is 22.2 Å². The van der Waals surface area contributed by atoms with Gasteiger partial charge in [-0.05, 0) is 55.8 Å². The van der Waals surface area contributed by atoms with E-state index in [9.17, 15) is 13.2 Å². The van der Waals surface area contributed by atoms with E-state index in [4.69, 9.17) is 0 Å². The van der Waals surface area contributed by atoms with Crippen LogP contribution in [0.25, 0.3) is 0 Å². The van der Waals surface area contributed by atoms with Crippen molar-refractivity contribution in [2.75, 3.05) is 29.8 Å². The lowest BCUT2D eigenvalue weighted by Crippen LogP contribution is -2.35. The molecule has 3 heterocycles. The maximum Gasteiger partial charge on any atom is 0.264 e. The summed E-state index contributed by atoms with van der Waals surface area (Å²) in [5.41, 5.74) is 3.22. The van der Waals surface area contributed by atoms with Crippen LogP contribution in [0.5, 0.6) is 0 Å². The summed E-state index contributed by atoms with van der Waals surface area (Å²) >= 11 is 1.49. The topological polar surface area (TPSA) is 82.6 Å². The van der Waals surface area contributed by atoms with Gasteiger partial charge in [0.2, 0.25) is 0 Å². The third kappa shape index (κ3) is 3.92. The maximum absolute atomic E-state index is 13.3. The molecule has 1 aromatic heterocycles. The molecule has 0 saturated carbocycles. The third-order valence-corrected chi connectivity index (χ3v) is 8.74. The van der Waals surface area contributed by atoms with E-state index in [0.717, 1.165) is 49.3 Å². The number of carbonyl (C=O) groups is 1. The number of hydrogen-bond donors (Lipinski definition) is 1. The second kappa shape index (κ2) is 8.31. The van der Waals surface area contributed by atoms with Gasteiger partial charge < -0.3 is 4.90 Å². The van der Waals surface area contributed by atoms with Gasteiger partial charge in [0.1, 0.15) is 0 Å². The van der Waals surface area contributed by atoms with E-state index in [-0.39, 0.29) is 10.8 Å². The van der Waals surface area contributed by atoms with Crippen LogP contribution in [0.1, 0.15) is 32.9 Å². The normalized spacial score (nSPS) is 16.3. The number of thiazole rings is 1. The van der Waals surface area contributed by atoms with E-state index in [1.54, 1.807) is 12.1 Å². The van der Waals surface area contributed by atoms with Gasteiger partial charge in [0.25, 0.3) is 15.9 Å². The van der Waals surface area contributed by atoms with Crippen LogP contribution in [0.15, 0.2) is 53.4 Å². The summed E-state index contributed by atoms with van der Waals surface area (Å²) in [6.45, 7) is 2.25. The van der Waals surface area contributed by atoms with Crippen molar-refractivity contribution in [3.63, 3.8) is 0 Å². The lowest BCUT2D eigenvalue weighted by atomic mass is 10.0. The number of para-hydroxylation sites is 1. The van der Waals surface area contributed by atoms with Gasteiger partial charge in [-0.3, -0.25) is 14.4 Å². The van der Waals surface area contributed by atoms with Gasteiger partial charge in [-0.2, -0.15) is 0 Å². The Balaban J connectivity index is 1.34. The number of amides is 1. The van der Waals surface area contributed by atoms with Gasteiger partial charge in [-0.15, -0.1) is 11.3 Å². The molecule has 1 amide bonds. The quantitative estimate of drug-likeness (QED) is 0.634. The molecular weight excluding hydrogens is 444 g/mol. The number of nitrogens with zero attached hydrogens (tertiary/aromatic N) is 3. The summed E-state index contributed by atoms with van der Waals surface area (Å²) in [6, 6.07) is 13.7. The van der Waals surface area contributed by atoms with Gasteiger partial charge in [0, 0.05) is 36.5 Å². The van der Waals surface area contributed by atoms with Gasteiger partial charge in [-0.1, -0.05) is 18.2 Å². The van der Waals surface area contributed by atoms with Crippen LogP contribution in [0.3, 0.4) is 0 Å². The fourth-order valence-electron chi connectivity index (χ4n) is 4.20. The number of aromatic nitrogens is 1. The lowest BCUT2D eigenvalue weighted by molar-refractivity contribution is 0.102. The molecule has 0 fully saturated rings. The molecule has 0 atom stereocenters. The lowest BCUT2D eigenvalue weighted by Gasteiger charge is -2.30. The monoisotopic (exact) mass is 468 g/mol. The standard InChI is InChI=1S/C23H24N4O3S2/c1-26-14-12-19-21(15-26)31-23(24-19)25-22(28)17-8-10-18(11-9-17)32(29,30)27-13-4-6-16-5-2-3-7-20(16)27/h2-3,5,7-11H,4,6,12-15H2,1H3,(H,24,25,28). The van der Waals surface area contributed by atoms with E-state index in [1.807, 2.05) is 24.3 Å². The van der Waals surface area contributed by atoms with Crippen molar-refractivity contribution in [3.8, 4) is 0 Å². The molecule has 2 aromatic carbocycles. The second-order valence-corrected chi connectivity index (χ2v) is 11.1. The number of aryl methyl sites for hydroxylation is 1. The maximum atomic E-state index is 13.3. The van der Waals surface area contributed by atoms with Crippen molar-refractivity contribution in [1.29, 1.82) is 0 Å². The van der Waals surface area contributed by atoms with Crippen molar-refractivity contribution in [1.82, 2.24) is 9.88 Å². The van der Waals surface area contributed by atoms with Crippen LogP contribution < -0.4 is 9.62 Å². The molecule has 0 saturated heterocycles. The van der Waals surface area contributed by atoms with Gasteiger partial charge in [0.15, 0.2) is 5.13 Å². The highest BCUT2D eigenvalue weighted by Gasteiger charge is 2.29. The molecular formula is C23H24N4O3S2. The van der Waals surface area contributed by atoms with Crippen molar-refractivity contribution in [2.24, 2.45) is 0 Å². The van der Waals surface area contributed by atoms with Crippen molar-refractivity contribution in [3.05, 3.63) is 70.2 Å². The number of anilines is 2. The molecule has 0 radical (unpaired) electrons. The Morgan fingerprint density at radius 3 is 2.66 bits per heavy atom. The predicted molar refractivity (Wildman–Crippen MR) is 126 cm³/mol. The molecule has 2 aliphatic heterocycles. The van der Waals surface area contributed by atoms with Gasteiger partial charge in [0.05, 0.1) is 16.3 Å². The van der Waals surface area contributed by atoms with Crippen LogP contribution in [0.2, 0.25) is 0 Å². The minimum absolute atomic E-state index is 0.179. The van der Waals surface area contributed by atoms with Crippen LogP contribution in [-0.4, -0.2) is 44.3 Å². The highest BCUT2D eigenvalue weighted by molar-refractivity contribution is 7.92. The molecule has 2 aliphatic rings.